The van der Waals surface area contributed by atoms with Gasteiger partial charge in [0.05, 0.1) is 29.6 Å². The molecule has 0 amide bonds. The lowest BCUT2D eigenvalue weighted by atomic mass is 9.71. The molecule has 1 saturated heterocycles. The van der Waals surface area contributed by atoms with Crippen LogP contribution in [0.4, 0.5) is 0 Å². The van der Waals surface area contributed by atoms with Crippen molar-refractivity contribution in [2.75, 3.05) is 5.84 Å². The van der Waals surface area contributed by atoms with Gasteiger partial charge in [-0.15, -0.1) is 0 Å². The maximum Gasteiger partial charge on any atom is 0.279 e. The Morgan fingerprint density at radius 1 is 1.33 bits per heavy atom. The third kappa shape index (κ3) is 2.17. The zero-order chi connectivity index (χ0) is 17.3. The van der Waals surface area contributed by atoms with Gasteiger partial charge in [-0.3, -0.25) is 9.69 Å². The van der Waals surface area contributed by atoms with Crippen LogP contribution in [0.25, 0.3) is 10.9 Å². The van der Waals surface area contributed by atoms with E-state index in [1.807, 2.05) is 18.2 Å². The number of aromatic nitrogens is 2. The van der Waals surface area contributed by atoms with Crippen molar-refractivity contribution >= 4 is 10.9 Å². The van der Waals surface area contributed by atoms with Gasteiger partial charge in [-0.2, -0.15) is 0 Å². The van der Waals surface area contributed by atoms with Gasteiger partial charge < -0.3 is 10.9 Å². The molecule has 1 aromatic carbocycles. The number of para-hydroxylation sites is 1. The maximum atomic E-state index is 12.4. The first kappa shape index (κ1) is 15.6. The van der Waals surface area contributed by atoms with Gasteiger partial charge in [0.15, 0.2) is 0 Å². The van der Waals surface area contributed by atoms with Crippen molar-refractivity contribution in [1.29, 1.82) is 0 Å². The average molecular weight is 328 g/mol. The molecule has 6 nitrogen and oxygen atoms in total. The van der Waals surface area contributed by atoms with Gasteiger partial charge in [0.25, 0.3) is 5.56 Å². The van der Waals surface area contributed by atoms with E-state index in [2.05, 4.69) is 30.7 Å². The van der Waals surface area contributed by atoms with Crippen molar-refractivity contribution in [1.82, 2.24) is 14.6 Å². The largest absolute Gasteiger partial charge is 0.391 e. The highest BCUT2D eigenvalue weighted by Crippen LogP contribution is 2.56. The molecule has 0 radical (unpaired) electrons. The molecule has 2 aromatic rings. The van der Waals surface area contributed by atoms with Crippen LogP contribution in [0.2, 0.25) is 0 Å². The summed E-state index contributed by atoms with van der Waals surface area (Å²) in [5, 5.41) is 11.0. The van der Waals surface area contributed by atoms with E-state index in [0.29, 0.717) is 23.3 Å². The molecule has 4 rings (SSSR count). The van der Waals surface area contributed by atoms with Crippen LogP contribution in [-0.2, 0) is 6.54 Å². The third-order valence-corrected chi connectivity index (χ3v) is 5.72. The molecule has 128 valence electrons. The Labute approximate surface area is 140 Å². The van der Waals surface area contributed by atoms with Crippen molar-refractivity contribution in [3.8, 4) is 0 Å². The molecule has 6 heteroatoms. The van der Waals surface area contributed by atoms with Crippen LogP contribution in [-0.4, -0.2) is 37.4 Å². The Kier molecular flexibility index (Phi) is 3.12. The summed E-state index contributed by atoms with van der Waals surface area (Å²) in [5.41, 5.74) is 0.491. The molecule has 3 N–H and O–H groups in total. The standard InChI is InChI=1S/C18H24N4O2/c1-17(2)8-13(23)15-18(3,10-17)21(15)9-14-20-12-7-5-4-6-11(12)16(24)22(14)19/h4-7,13,15,23H,8-10,19H2,1-3H3. The van der Waals surface area contributed by atoms with Crippen molar-refractivity contribution in [3.63, 3.8) is 0 Å². The van der Waals surface area contributed by atoms with Gasteiger partial charge in [0.2, 0.25) is 0 Å². The lowest BCUT2D eigenvalue weighted by molar-refractivity contribution is 0.0718. The fourth-order valence-corrected chi connectivity index (χ4v) is 4.81. The van der Waals surface area contributed by atoms with E-state index in [9.17, 15) is 9.90 Å². The van der Waals surface area contributed by atoms with Gasteiger partial charge >= 0.3 is 0 Å². The minimum atomic E-state index is -0.350. The second-order valence-electron chi connectivity index (χ2n) is 8.26. The molecular formula is C18H24N4O2. The lowest BCUT2D eigenvalue weighted by Crippen LogP contribution is -2.37. The summed E-state index contributed by atoms with van der Waals surface area (Å²) < 4.78 is 1.15. The summed E-state index contributed by atoms with van der Waals surface area (Å²) in [4.78, 5) is 19.3. The van der Waals surface area contributed by atoms with Crippen LogP contribution < -0.4 is 11.4 Å². The van der Waals surface area contributed by atoms with Crippen LogP contribution in [0.1, 0.15) is 39.4 Å². The number of aliphatic hydroxyl groups is 1. The molecule has 4 unspecified atom stereocenters. The van der Waals surface area contributed by atoms with Crippen molar-refractivity contribution in [2.45, 2.75) is 57.8 Å². The molecule has 2 fully saturated rings. The third-order valence-electron chi connectivity index (χ3n) is 5.72. The van der Waals surface area contributed by atoms with Gasteiger partial charge in [-0.1, -0.05) is 26.0 Å². The van der Waals surface area contributed by atoms with Crippen LogP contribution in [0.15, 0.2) is 29.1 Å². The number of fused-ring (bicyclic) bond motifs is 2. The van der Waals surface area contributed by atoms with E-state index in [4.69, 9.17) is 5.84 Å². The first-order valence-electron chi connectivity index (χ1n) is 8.43. The Bertz CT molecular complexity index is 875. The quantitative estimate of drug-likeness (QED) is 0.640. The number of nitrogens with two attached hydrogens (primary N) is 1. The Hall–Kier alpha value is -1.92. The van der Waals surface area contributed by atoms with Gasteiger partial charge in [-0.05, 0) is 37.3 Å². The summed E-state index contributed by atoms with van der Waals surface area (Å²) in [5.74, 6) is 6.54. The number of benzene rings is 1. The number of likely N-dealkylation sites (tertiary alicyclic amines) is 1. The molecule has 1 aliphatic carbocycles. The highest BCUT2D eigenvalue weighted by Gasteiger charge is 2.66. The highest BCUT2D eigenvalue weighted by atomic mass is 16.3. The number of nitrogen functional groups attached to an aromatic ring is 1. The summed E-state index contributed by atoms with van der Waals surface area (Å²) in [6.07, 6.45) is 1.46. The molecule has 1 saturated carbocycles. The predicted molar refractivity (Wildman–Crippen MR) is 92.9 cm³/mol. The minimum Gasteiger partial charge on any atom is -0.391 e. The zero-order valence-corrected chi connectivity index (χ0v) is 14.4. The molecule has 1 aliphatic heterocycles. The monoisotopic (exact) mass is 328 g/mol. The second kappa shape index (κ2) is 4.80. The van der Waals surface area contributed by atoms with Gasteiger partial charge in [-0.25, -0.2) is 9.66 Å². The molecule has 0 spiro atoms. The summed E-state index contributed by atoms with van der Waals surface area (Å²) in [7, 11) is 0. The number of aliphatic hydroxyl groups excluding tert-OH is 1. The summed E-state index contributed by atoms with van der Waals surface area (Å²) in [6.45, 7) is 7.05. The fourth-order valence-electron chi connectivity index (χ4n) is 4.81. The highest BCUT2D eigenvalue weighted by molar-refractivity contribution is 5.77. The van der Waals surface area contributed by atoms with Crippen molar-refractivity contribution in [3.05, 3.63) is 40.4 Å². The minimum absolute atomic E-state index is 0.0511. The summed E-state index contributed by atoms with van der Waals surface area (Å²) in [6, 6.07) is 7.36. The summed E-state index contributed by atoms with van der Waals surface area (Å²) >= 11 is 0. The van der Waals surface area contributed by atoms with Crippen LogP contribution in [0, 0.1) is 5.41 Å². The number of hydrogen-bond donors (Lipinski definition) is 2. The van der Waals surface area contributed by atoms with E-state index in [0.717, 1.165) is 17.5 Å². The van der Waals surface area contributed by atoms with E-state index in [-0.39, 0.29) is 28.7 Å². The second-order valence-corrected chi connectivity index (χ2v) is 8.26. The first-order valence-corrected chi connectivity index (χ1v) is 8.43. The first-order chi connectivity index (χ1) is 11.2. The number of nitrogens with zero attached hydrogens (tertiary/aromatic N) is 3. The predicted octanol–water partition coefficient (Wildman–Crippen LogP) is 1.23. The van der Waals surface area contributed by atoms with E-state index in [1.165, 1.54) is 0 Å². The van der Waals surface area contributed by atoms with Crippen LogP contribution >= 0.6 is 0 Å². The van der Waals surface area contributed by atoms with Gasteiger partial charge in [0, 0.05) is 5.54 Å². The molecule has 2 aliphatic rings. The molecule has 1 aromatic heterocycles. The maximum absolute atomic E-state index is 12.4. The molecule has 2 heterocycles. The smallest absolute Gasteiger partial charge is 0.279 e. The van der Waals surface area contributed by atoms with Crippen LogP contribution in [0.5, 0.6) is 0 Å². The molecule has 0 bridgehead atoms. The fraction of sp³-hybridized carbons (Fsp3) is 0.556. The van der Waals surface area contributed by atoms with Gasteiger partial charge in [0.1, 0.15) is 5.82 Å². The van der Waals surface area contributed by atoms with Crippen LogP contribution in [0.3, 0.4) is 0 Å². The average Bonchev–Trinajstić information content (AvgIpc) is 3.07. The van der Waals surface area contributed by atoms with E-state index < -0.39 is 0 Å². The number of hydrogen-bond acceptors (Lipinski definition) is 5. The molecular weight excluding hydrogens is 304 g/mol. The van der Waals surface area contributed by atoms with E-state index in [1.54, 1.807) is 6.07 Å². The molecule has 4 atom stereocenters. The molecule has 24 heavy (non-hydrogen) atoms. The zero-order valence-electron chi connectivity index (χ0n) is 14.4. The SMILES string of the molecule is CC1(C)CC(O)C2N(Cc3nc4ccccc4c(=O)n3N)C2(C)C1. The van der Waals surface area contributed by atoms with Crippen molar-refractivity contribution < 1.29 is 5.11 Å². The Balaban J connectivity index is 1.69. The Morgan fingerprint density at radius 3 is 2.79 bits per heavy atom. The van der Waals surface area contributed by atoms with E-state index >= 15 is 0 Å². The normalized spacial score (nSPS) is 34.1. The van der Waals surface area contributed by atoms with Crippen molar-refractivity contribution in [2.24, 2.45) is 5.41 Å². The number of rotatable bonds is 2. The Morgan fingerprint density at radius 2 is 2.04 bits per heavy atom. The topological polar surface area (TPSA) is 84.2 Å². The lowest BCUT2D eigenvalue weighted by Gasteiger charge is -2.34.